The Kier molecular flexibility index (Phi) is 7.24. The highest BCUT2D eigenvalue weighted by atomic mass is 16.5. The Morgan fingerprint density at radius 1 is 1.06 bits per heavy atom. The fourth-order valence-corrected chi connectivity index (χ4v) is 3.94. The Bertz CT molecular complexity index is 1100. The molecule has 0 atom stereocenters. The standard InChI is InChI=1S/C25H30N2O6/c1-4-31-23-15-21(27-8-10-30-11-9-27)24(32-5-2)14-20(23)26-25(28)12-17-16-33-22-13-18(29-3)6-7-19(17)22/h6-7,13-16H,4-5,8-12H2,1-3H3,(H,26,28). The summed E-state index contributed by atoms with van der Waals surface area (Å²) in [6, 6.07) is 9.34. The molecule has 1 fully saturated rings. The summed E-state index contributed by atoms with van der Waals surface area (Å²) in [4.78, 5) is 15.2. The Labute approximate surface area is 193 Å². The molecule has 0 bridgehead atoms. The topological polar surface area (TPSA) is 82.4 Å². The molecule has 0 aliphatic carbocycles. The van der Waals surface area contributed by atoms with E-state index >= 15 is 0 Å². The van der Waals surface area contributed by atoms with Crippen LogP contribution < -0.4 is 24.4 Å². The number of carbonyl (C=O) groups is 1. The number of ether oxygens (including phenoxy) is 4. The highest BCUT2D eigenvalue weighted by Gasteiger charge is 2.21. The number of anilines is 2. The Balaban J connectivity index is 1.58. The minimum absolute atomic E-state index is 0.167. The molecule has 0 unspecified atom stereocenters. The van der Waals surface area contributed by atoms with Gasteiger partial charge >= 0.3 is 0 Å². The molecule has 2 aromatic carbocycles. The van der Waals surface area contributed by atoms with Crippen LogP contribution in [0.15, 0.2) is 41.0 Å². The minimum atomic E-state index is -0.170. The molecule has 176 valence electrons. The van der Waals surface area contributed by atoms with Crippen molar-refractivity contribution in [3.63, 3.8) is 0 Å². The van der Waals surface area contributed by atoms with Crippen LogP contribution in [0.3, 0.4) is 0 Å². The first-order valence-corrected chi connectivity index (χ1v) is 11.2. The van der Waals surface area contributed by atoms with E-state index < -0.39 is 0 Å². The van der Waals surface area contributed by atoms with Gasteiger partial charge in [-0.2, -0.15) is 0 Å². The van der Waals surface area contributed by atoms with Crippen LogP contribution in [-0.2, 0) is 16.0 Å². The number of nitrogens with one attached hydrogen (secondary N) is 1. The van der Waals surface area contributed by atoms with Gasteiger partial charge in [0.1, 0.15) is 22.8 Å². The maximum absolute atomic E-state index is 13.0. The van der Waals surface area contributed by atoms with Gasteiger partial charge in [-0.3, -0.25) is 4.79 Å². The van der Waals surface area contributed by atoms with Gasteiger partial charge in [0.25, 0.3) is 0 Å². The summed E-state index contributed by atoms with van der Waals surface area (Å²) in [7, 11) is 1.61. The molecule has 1 aliphatic heterocycles. The molecule has 4 rings (SSSR count). The second-order valence-electron chi connectivity index (χ2n) is 7.63. The number of furan rings is 1. The lowest BCUT2D eigenvalue weighted by Gasteiger charge is -2.31. The summed E-state index contributed by atoms with van der Waals surface area (Å²) in [5, 5.41) is 3.88. The zero-order valence-corrected chi connectivity index (χ0v) is 19.3. The molecule has 3 aromatic rings. The van der Waals surface area contributed by atoms with Crippen LogP contribution in [0.1, 0.15) is 19.4 Å². The van der Waals surface area contributed by atoms with Crippen molar-refractivity contribution >= 4 is 28.3 Å². The van der Waals surface area contributed by atoms with Gasteiger partial charge in [-0.05, 0) is 26.0 Å². The van der Waals surface area contributed by atoms with Gasteiger partial charge in [0.2, 0.25) is 5.91 Å². The predicted molar refractivity (Wildman–Crippen MR) is 127 cm³/mol. The van der Waals surface area contributed by atoms with E-state index in [2.05, 4.69) is 10.2 Å². The lowest BCUT2D eigenvalue weighted by molar-refractivity contribution is -0.115. The van der Waals surface area contributed by atoms with Crippen molar-refractivity contribution in [1.82, 2.24) is 0 Å². The molecule has 0 saturated carbocycles. The van der Waals surface area contributed by atoms with Crippen molar-refractivity contribution in [2.24, 2.45) is 0 Å². The second kappa shape index (κ2) is 10.5. The number of carbonyl (C=O) groups excluding carboxylic acids is 1. The van der Waals surface area contributed by atoms with Crippen LogP contribution in [0, 0.1) is 0 Å². The molecule has 1 N–H and O–H groups in total. The Hall–Kier alpha value is -3.39. The van der Waals surface area contributed by atoms with E-state index in [9.17, 15) is 4.79 Å². The van der Waals surface area contributed by atoms with Crippen LogP contribution in [-0.4, -0.2) is 52.5 Å². The smallest absolute Gasteiger partial charge is 0.229 e. The van der Waals surface area contributed by atoms with Gasteiger partial charge in [-0.1, -0.05) is 0 Å². The molecular formula is C25H30N2O6. The van der Waals surface area contributed by atoms with E-state index in [1.54, 1.807) is 13.4 Å². The van der Waals surface area contributed by atoms with Crippen LogP contribution in [0.4, 0.5) is 11.4 Å². The van der Waals surface area contributed by atoms with Crippen molar-refractivity contribution in [3.05, 3.63) is 42.2 Å². The molecule has 2 heterocycles. The minimum Gasteiger partial charge on any atom is -0.497 e. The molecule has 1 saturated heterocycles. The average molecular weight is 455 g/mol. The van der Waals surface area contributed by atoms with Crippen LogP contribution >= 0.6 is 0 Å². The largest absolute Gasteiger partial charge is 0.497 e. The maximum atomic E-state index is 13.0. The van der Waals surface area contributed by atoms with E-state index in [1.165, 1.54) is 0 Å². The van der Waals surface area contributed by atoms with Gasteiger partial charge in [-0.15, -0.1) is 0 Å². The van der Waals surface area contributed by atoms with E-state index in [0.29, 0.717) is 54.9 Å². The lowest BCUT2D eigenvalue weighted by Crippen LogP contribution is -2.36. The molecule has 8 heteroatoms. The molecule has 8 nitrogen and oxygen atoms in total. The quantitative estimate of drug-likeness (QED) is 0.517. The number of nitrogens with zero attached hydrogens (tertiary/aromatic N) is 1. The van der Waals surface area contributed by atoms with Crippen molar-refractivity contribution in [2.45, 2.75) is 20.3 Å². The van der Waals surface area contributed by atoms with Crippen LogP contribution in [0.2, 0.25) is 0 Å². The summed E-state index contributed by atoms with van der Waals surface area (Å²) >= 11 is 0. The first-order valence-electron chi connectivity index (χ1n) is 11.2. The Morgan fingerprint density at radius 3 is 2.55 bits per heavy atom. The summed E-state index contributed by atoms with van der Waals surface area (Å²) in [5.74, 6) is 1.85. The van der Waals surface area contributed by atoms with E-state index in [4.69, 9.17) is 23.4 Å². The average Bonchev–Trinajstić information content (AvgIpc) is 3.23. The Morgan fingerprint density at radius 2 is 1.82 bits per heavy atom. The summed E-state index contributed by atoms with van der Waals surface area (Å²) in [6.07, 6.45) is 1.78. The van der Waals surface area contributed by atoms with Crippen molar-refractivity contribution in [1.29, 1.82) is 0 Å². The fraction of sp³-hybridized carbons (Fsp3) is 0.400. The van der Waals surface area contributed by atoms with Gasteiger partial charge in [0, 0.05) is 42.2 Å². The fourth-order valence-electron chi connectivity index (χ4n) is 3.94. The summed E-state index contributed by atoms with van der Waals surface area (Å²) < 4.78 is 28.1. The van der Waals surface area contributed by atoms with E-state index in [0.717, 1.165) is 29.7 Å². The van der Waals surface area contributed by atoms with Gasteiger partial charge in [0.05, 0.1) is 57.6 Å². The molecule has 1 amide bonds. The number of fused-ring (bicyclic) bond motifs is 1. The number of hydrogen-bond donors (Lipinski definition) is 1. The monoisotopic (exact) mass is 454 g/mol. The molecular weight excluding hydrogens is 424 g/mol. The van der Waals surface area contributed by atoms with Gasteiger partial charge < -0.3 is 33.6 Å². The number of hydrogen-bond acceptors (Lipinski definition) is 7. The highest BCUT2D eigenvalue weighted by molar-refractivity contribution is 5.97. The zero-order chi connectivity index (χ0) is 23.2. The predicted octanol–water partition coefficient (Wildman–Crippen LogP) is 4.26. The highest BCUT2D eigenvalue weighted by Crippen LogP contribution is 2.39. The number of morpholine rings is 1. The molecule has 0 radical (unpaired) electrons. The number of rotatable bonds is 9. The van der Waals surface area contributed by atoms with Gasteiger partial charge in [-0.25, -0.2) is 0 Å². The third-order valence-corrected chi connectivity index (χ3v) is 5.50. The third-order valence-electron chi connectivity index (χ3n) is 5.50. The van der Waals surface area contributed by atoms with Crippen molar-refractivity contribution in [2.75, 3.05) is 56.8 Å². The first kappa shape index (κ1) is 22.8. The molecule has 0 spiro atoms. The zero-order valence-electron chi connectivity index (χ0n) is 19.3. The van der Waals surface area contributed by atoms with Crippen molar-refractivity contribution in [3.8, 4) is 17.2 Å². The number of benzene rings is 2. The number of methoxy groups -OCH3 is 1. The van der Waals surface area contributed by atoms with Crippen LogP contribution in [0.25, 0.3) is 11.0 Å². The van der Waals surface area contributed by atoms with Gasteiger partial charge in [0.15, 0.2) is 0 Å². The SMILES string of the molecule is CCOc1cc(N2CCOCC2)c(OCC)cc1NC(=O)Cc1coc2cc(OC)ccc12. The van der Waals surface area contributed by atoms with E-state index in [-0.39, 0.29) is 12.3 Å². The number of amides is 1. The maximum Gasteiger partial charge on any atom is 0.229 e. The molecule has 33 heavy (non-hydrogen) atoms. The molecule has 1 aromatic heterocycles. The third kappa shape index (κ3) is 5.17. The summed E-state index contributed by atoms with van der Waals surface area (Å²) in [6.45, 7) is 7.73. The van der Waals surface area contributed by atoms with Crippen molar-refractivity contribution < 1.29 is 28.2 Å². The second-order valence-corrected chi connectivity index (χ2v) is 7.63. The first-order chi connectivity index (χ1) is 16.1. The summed E-state index contributed by atoms with van der Waals surface area (Å²) in [5.41, 5.74) is 3.01. The molecule has 1 aliphatic rings. The normalized spacial score (nSPS) is 13.7. The lowest BCUT2D eigenvalue weighted by atomic mass is 10.1. The van der Waals surface area contributed by atoms with E-state index in [1.807, 2.05) is 44.2 Å². The van der Waals surface area contributed by atoms with Crippen LogP contribution in [0.5, 0.6) is 17.2 Å².